The predicted octanol–water partition coefficient (Wildman–Crippen LogP) is 3.14. The molecule has 1 fully saturated rings. The second-order valence-electron chi connectivity index (χ2n) is 5.90. The van der Waals surface area contributed by atoms with Crippen LogP contribution in [-0.2, 0) is 10.9 Å². The van der Waals surface area contributed by atoms with Gasteiger partial charge in [-0.1, -0.05) is 13.8 Å². The number of hydrogen-bond donors (Lipinski definition) is 0. The van der Waals surface area contributed by atoms with Crippen molar-refractivity contribution in [2.45, 2.75) is 45.5 Å². The summed E-state index contributed by atoms with van der Waals surface area (Å²) >= 11 is 0. The molecule has 1 saturated carbocycles. The summed E-state index contributed by atoms with van der Waals surface area (Å²) < 4.78 is 43.1. The molecule has 7 heteroatoms. The van der Waals surface area contributed by atoms with Gasteiger partial charge in [0.1, 0.15) is 0 Å². The molecule has 4 nitrogen and oxygen atoms in total. The molecule has 1 aromatic heterocycles. The van der Waals surface area contributed by atoms with Gasteiger partial charge in [0.25, 0.3) is 0 Å². The molecule has 0 aliphatic heterocycles. The van der Waals surface area contributed by atoms with E-state index in [-0.39, 0.29) is 17.6 Å². The second kappa shape index (κ2) is 5.44. The van der Waals surface area contributed by atoms with Gasteiger partial charge in [-0.3, -0.25) is 0 Å². The molecule has 1 aromatic rings. The summed E-state index contributed by atoms with van der Waals surface area (Å²) in [6.45, 7) is 6.80. The van der Waals surface area contributed by atoms with Gasteiger partial charge in [-0.2, -0.15) is 13.2 Å². The summed E-state index contributed by atoms with van der Waals surface area (Å²) in [5.74, 6) is 0.441. The number of ether oxygens (including phenoxy) is 1. The fraction of sp³-hybridized carbons (Fsp3) is 0.714. The highest BCUT2D eigenvalue weighted by Gasteiger charge is 2.51. The Labute approximate surface area is 122 Å². The molecule has 0 radical (unpaired) electrons. The highest BCUT2D eigenvalue weighted by Crippen LogP contribution is 2.46. The van der Waals surface area contributed by atoms with Crippen molar-refractivity contribution >= 4 is 5.82 Å². The molecule has 0 unspecified atom stereocenters. The smallest absolute Gasteiger partial charge is 0.378 e. The molecule has 118 valence electrons. The Balaban J connectivity index is 2.09. The number of rotatable bonds is 4. The first-order valence-electron chi connectivity index (χ1n) is 6.93. The third-order valence-electron chi connectivity index (χ3n) is 4.26. The van der Waals surface area contributed by atoms with Crippen molar-refractivity contribution in [3.63, 3.8) is 0 Å². The van der Waals surface area contributed by atoms with Crippen LogP contribution in [0.4, 0.5) is 19.0 Å². The largest absolute Gasteiger partial charge is 0.435 e. The van der Waals surface area contributed by atoms with E-state index in [1.54, 1.807) is 0 Å². The lowest BCUT2D eigenvalue weighted by Gasteiger charge is -2.55. The van der Waals surface area contributed by atoms with Crippen molar-refractivity contribution in [1.29, 1.82) is 0 Å². The molecule has 0 spiro atoms. The van der Waals surface area contributed by atoms with E-state index < -0.39 is 11.9 Å². The van der Waals surface area contributed by atoms with Gasteiger partial charge >= 0.3 is 6.18 Å². The Morgan fingerprint density at radius 3 is 2.43 bits per heavy atom. The van der Waals surface area contributed by atoms with Crippen molar-refractivity contribution in [2.75, 3.05) is 18.6 Å². The number of aromatic nitrogens is 2. The van der Waals surface area contributed by atoms with Crippen LogP contribution in [0.3, 0.4) is 0 Å². The van der Waals surface area contributed by atoms with E-state index in [0.717, 1.165) is 12.5 Å². The molecule has 1 aliphatic carbocycles. The number of hydrogen-bond acceptors (Lipinski definition) is 4. The summed E-state index contributed by atoms with van der Waals surface area (Å²) in [7, 11) is 1.83. The molecule has 0 bridgehead atoms. The van der Waals surface area contributed by atoms with E-state index in [1.807, 2.05) is 18.9 Å². The molecule has 0 amide bonds. The molecule has 1 heterocycles. The molecule has 1 aliphatic rings. The van der Waals surface area contributed by atoms with Crippen LogP contribution in [0.2, 0.25) is 0 Å². The van der Waals surface area contributed by atoms with E-state index in [9.17, 15) is 13.2 Å². The highest BCUT2D eigenvalue weighted by atomic mass is 19.4. The zero-order valence-electron chi connectivity index (χ0n) is 12.6. The van der Waals surface area contributed by atoms with E-state index >= 15 is 0 Å². The van der Waals surface area contributed by atoms with E-state index in [1.165, 1.54) is 6.07 Å². The monoisotopic (exact) mass is 303 g/mol. The number of alkyl halides is 3. The van der Waals surface area contributed by atoms with Crippen LogP contribution in [0.5, 0.6) is 0 Å². The minimum absolute atomic E-state index is 0.0743. The average molecular weight is 303 g/mol. The van der Waals surface area contributed by atoms with Crippen molar-refractivity contribution < 1.29 is 17.9 Å². The Morgan fingerprint density at radius 1 is 1.33 bits per heavy atom. The molecule has 0 aromatic carbocycles. The summed E-state index contributed by atoms with van der Waals surface area (Å²) in [6.07, 6.45) is -3.46. The first-order chi connectivity index (χ1) is 9.67. The van der Waals surface area contributed by atoms with Gasteiger partial charge in [-0.15, -0.1) is 10.2 Å². The lowest BCUT2D eigenvalue weighted by Crippen LogP contribution is -2.61. The van der Waals surface area contributed by atoms with Gasteiger partial charge in [0, 0.05) is 25.1 Å². The normalized spacial score (nSPS) is 24.5. The van der Waals surface area contributed by atoms with Gasteiger partial charge in [-0.25, -0.2) is 0 Å². The van der Waals surface area contributed by atoms with Crippen LogP contribution in [0.15, 0.2) is 12.1 Å². The summed E-state index contributed by atoms with van der Waals surface area (Å²) in [4.78, 5) is 1.88. The van der Waals surface area contributed by atoms with Crippen molar-refractivity contribution in [1.82, 2.24) is 10.2 Å². The Hall–Kier alpha value is -1.37. The summed E-state index contributed by atoms with van der Waals surface area (Å²) in [6, 6.07) is 2.49. The van der Waals surface area contributed by atoms with Crippen LogP contribution in [0.25, 0.3) is 0 Å². The van der Waals surface area contributed by atoms with E-state index in [4.69, 9.17) is 4.74 Å². The minimum Gasteiger partial charge on any atom is -0.378 e. The van der Waals surface area contributed by atoms with Crippen LogP contribution < -0.4 is 4.90 Å². The van der Waals surface area contributed by atoms with Crippen molar-refractivity contribution in [3.8, 4) is 0 Å². The van der Waals surface area contributed by atoms with Gasteiger partial charge < -0.3 is 9.64 Å². The lowest BCUT2D eigenvalue weighted by atomic mass is 9.64. The standard InChI is InChI=1S/C14H20F3N3O/c1-5-21-11-8-10(13(11,2)3)20(4)12-7-6-9(18-19-12)14(15,16)17/h6-7,10-11H,5,8H2,1-4H3/t10-,11-/m1/s1. The van der Waals surface area contributed by atoms with Crippen molar-refractivity contribution in [3.05, 3.63) is 17.8 Å². The van der Waals surface area contributed by atoms with Crippen LogP contribution >= 0.6 is 0 Å². The third kappa shape index (κ3) is 2.97. The molecule has 2 atom stereocenters. The van der Waals surface area contributed by atoms with E-state index in [2.05, 4.69) is 24.0 Å². The summed E-state index contributed by atoms with van der Waals surface area (Å²) in [5.41, 5.74) is -1.05. The SMILES string of the molecule is CCO[C@@H]1C[C@@H](N(C)c2ccc(C(F)(F)F)nn2)C1(C)C. The maximum absolute atomic E-state index is 12.5. The van der Waals surface area contributed by atoms with Crippen molar-refractivity contribution in [2.24, 2.45) is 5.41 Å². The first-order valence-corrected chi connectivity index (χ1v) is 6.93. The maximum Gasteiger partial charge on any atom is 0.435 e. The molecule has 0 N–H and O–H groups in total. The Bertz CT molecular complexity index is 487. The summed E-state index contributed by atoms with van der Waals surface area (Å²) in [5, 5.41) is 6.97. The topological polar surface area (TPSA) is 38.2 Å². The molecule has 21 heavy (non-hydrogen) atoms. The average Bonchev–Trinajstić information content (AvgIpc) is 2.41. The Morgan fingerprint density at radius 2 is 2.00 bits per heavy atom. The zero-order valence-corrected chi connectivity index (χ0v) is 12.6. The van der Waals surface area contributed by atoms with Crippen LogP contribution in [0, 0.1) is 5.41 Å². The second-order valence-corrected chi connectivity index (χ2v) is 5.90. The fourth-order valence-corrected chi connectivity index (χ4v) is 2.83. The molecular weight excluding hydrogens is 283 g/mol. The molecule has 0 saturated heterocycles. The number of anilines is 1. The predicted molar refractivity (Wildman–Crippen MR) is 73.0 cm³/mol. The van der Waals surface area contributed by atoms with Gasteiger partial charge in [-0.05, 0) is 25.5 Å². The Kier molecular flexibility index (Phi) is 4.15. The zero-order chi connectivity index (χ0) is 15.8. The van der Waals surface area contributed by atoms with Crippen LogP contribution in [0.1, 0.15) is 32.9 Å². The molecule has 2 rings (SSSR count). The number of nitrogens with zero attached hydrogens (tertiary/aromatic N) is 3. The molecular formula is C14H20F3N3O. The van der Waals surface area contributed by atoms with Crippen LogP contribution in [-0.4, -0.2) is 36.0 Å². The van der Waals surface area contributed by atoms with E-state index in [0.29, 0.717) is 12.4 Å². The van der Waals surface area contributed by atoms with Gasteiger partial charge in [0.2, 0.25) is 0 Å². The third-order valence-corrected chi connectivity index (χ3v) is 4.26. The fourth-order valence-electron chi connectivity index (χ4n) is 2.83. The highest BCUT2D eigenvalue weighted by molar-refractivity contribution is 5.40. The first kappa shape index (κ1) is 16.0. The van der Waals surface area contributed by atoms with Gasteiger partial charge in [0.15, 0.2) is 11.5 Å². The van der Waals surface area contributed by atoms with Gasteiger partial charge in [0.05, 0.1) is 6.10 Å². The maximum atomic E-state index is 12.5. The minimum atomic E-state index is -4.46. The number of halogens is 3. The quantitative estimate of drug-likeness (QED) is 0.856. The lowest BCUT2D eigenvalue weighted by molar-refractivity contribution is -0.141.